The second kappa shape index (κ2) is 8.61. The highest BCUT2D eigenvalue weighted by atomic mass is 32.2. The summed E-state index contributed by atoms with van der Waals surface area (Å²) in [7, 11) is -2.25. The van der Waals surface area contributed by atoms with Gasteiger partial charge in [0.15, 0.2) is 11.2 Å². The fourth-order valence-corrected chi connectivity index (χ4v) is 6.11. The van der Waals surface area contributed by atoms with Gasteiger partial charge in [-0.25, -0.2) is 22.1 Å². The molecule has 0 spiro atoms. The van der Waals surface area contributed by atoms with Crippen molar-refractivity contribution in [3.05, 3.63) is 90.4 Å². The molecule has 1 unspecified atom stereocenters. The fourth-order valence-electron chi connectivity index (χ4n) is 4.78. The Labute approximate surface area is 218 Å². The zero-order valence-corrected chi connectivity index (χ0v) is 21.5. The number of carbonyl (C=O) groups excluding carboxylic acids is 1. The summed E-state index contributed by atoms with van der Waals surface area (Å²) in [6, 6.07) is 17.1. The Kier molecular flexibility index (Phi) is 5.44. The van der Waals surface area contributed by atoms with Crippen molar-refractivity contribution in [3.63, 3.8) is 0 Å². The molecule has 1 aliphatic rings. The van der Waals surface area contributed by atoms with Crippen LogP contribution in [0, 0.1) is 6.92 Å². The number of pyridine rings is 1. The maximum absolute atomic E-state index is 13.5. The molecular formula is C27H24N6O4S. The number of likely N-dealkylation sites (N-methyl/N-ethyl adjacent to an activating group) is 1. The summed E-state index contributed by atoms with van der Waals surface area (Å²) in [4.78, 5) is 18.6. The van der Waals surface area contributed by atoms with Crippen LogP contribution in [0.25, 0.3) is 28.0 Å². The number of fused-ring (bicyclic) bond motifs is 1. The second-order valence-electron chi connectivity index (χ2n) is 9.47. The molecule has 1 fully saturated rings. The van der Waals surface area contributed by atoms with Crippen LogP contribution < -0.4 is 0 Å². The first-order valence-electron chi connectivity index (χ1n) is 12.0. The molecule has 1 aliphatic heterocycles. The van der Waals surface area contributed by atoms with Gasteiger partial charge in [-0.2, -0.15) is 0 Å². The summed E-state index contributed by atoms with van der Waals surface area (Å²) in [6.45, 7) is 2.36. The molecule has 1 N–H and O–H groups in total. The number of carbonyl (C=O) groups is 1. The van der Waals surface area contributed by atoms with E-state index in [4.69, 9.17) is 0 Å². The normalized spacial score (nSPS) is 18.0. The summed E-state index contributed by atoms with van der Waals surface area (Å²) in [5, 5.41) is 20.2. The number of benzene rings is 2. The molecule has 2 aromatic carbocycles. The van der Waals surface area contributed by atoms with Crippen molar-refractivity contribution >= 4 is 27.0 Å². The Morgan fingerprint density at radius 2 is 1.82 bits per heavy atom. The number of aromatic nitrogens is 5. The Balaban J connectivity index is 1.42. The highest BCUT2D eigenvalue weighted by molar-refractivity contribution is 7.90. The number of nitrogens with zero attached hydrogens (tertiary/aromatic N) is 6. The van der Waals surface area contributed by atoms with Gasteiger partial charge < -0.3 is 10.0 Å². The minimum absolute atomic E-state index is 0.155. The van der Waals surface area contributed by atoms with Gasteiger partial charge in [0.25, 0.3) is 15.9 Å². The van der Waals surface area contributed by atoms with E-state index in [1.54, 1.807) is 80.1 Å². The van der Waals surface area contributed by atoms with E-state index < -0.39 is 15.6 Å². The minimum atomic E-state index is -3.91. The Hall–Kier alpha value is -4.35. The number of likely N-dealkylation sites (tertiary alicyclic amines) is 1. The zero-order valence-electron chi connectivity index (χ0n) is 20.7. The predicted molar refractivity (Wildman–Crippen MR) is 140 cm³/mol. The van der Waals surface area contributed by atoms with Crippen LogP contribution in [-0.4, -0.2) is 61.9 Å². The Morgan fingerprint density at radius 3 is 2.55 bits per heavy atom. The molecule has 10 nitrogen and oxygen atoms in total. The molecule has 1 amide bonds. The number of aryl methyl sites for hydroxylation is 1. The van der Waals surface area contributed by atoms with E-state index in [0.717, 1.165) is 5.56 Å². The molecule has 192 valence electrons. The summed E-state index contributed by atoms with van der Waals surface area (Å²) >= 11 is 0. The van der Waals surface area contributed by atoms with Crippen molar-refractivity contribution in [2.75, 3.05) is 13.6 Å². The molecule has 4 heterocycles. The summed E-state index contributed by atoms with van der Waals surface area (Å²) < 4.78 is 29.7. The number of amides is 1. The molecule has 6 rings (SSSR count). The second-order valence-corrected chi connectivity index (χ2v) is 11.3. The van der Waals surface area contributed by atoms with Crippen molar-refractivity contribution in [1.82, 2.24) is 28.9 Å². The Bertz CT molecular complexity index is 1810. The Morgan fingerprint density at radius 1 is 1.03 bits per heavy atom. The van der Waals surface area contributed by atoms with Crippen LogP contribution in [0.1, 0.15) is 17.5 Å². The van der Waals surface area contributed by atoms with E-state index >= 15 is 0 Å². The summed E-state index contributed by atoms with van der Waals surface area (Å²) in [5.41, 5.74) is 1.73. The summed E-state index contributed by atoms with van der Waals surface area (Å²) in [5.74, 6) is -0.343. The molecule has 3 aromatic heterocycles. The number of rotatable bonds is 5. The molecule has 0 aliphatic carbocycles. The van der Waals surface area contributed by atoms with Crippen LogP contribution in [-0.2, 0) is 20.4 Å². The monoisotopic (exact) mass is 528 g/mol. The van der Waals surface area contributed by atoms with Gasteiger partial charge in [-0.3, -0.25) is 4.79 Å². The van der Waals surface area contributed by atoms with E-state index in [-0.39, 0.29) is 16.4 Å². The van der Waals surface area contributed by atoms with Crippen LogP contribution in [0.4, 0.5) is 0 Å². The van der Waals surface area contributed by atoms with Crippen LogP contribution in [0.15, 0.2) is 84.1 Å². The molecule has 0 bridgehead atoms. The van der Waals surface area contributed by atoms with E-state index in [1.165, 1.54) is 19.8 Å². The average molecular weight is 529 g/mol. The SMILES string of the molecule is Cc1ccc(S(=O)(=O)n2cc(-c3cn(-c4cccc(C5(O)CCN(C)C5=O)c4)nn3)c3cccnc32)cc1. The smallest absolute Gasteiger partial charge is 0.269 e. The third kappa shape index (κ3) is 3.70. The average Bonchev–Trinajstić information content (AvgIpc) is 3.63. The van der Waals surface area contributed by atoms with Crippen LogP contribution in [0.3, 0.4) is 0 Å². The van der Waals surface area contributed by atoms with Gasteiger partial charge in [0.05, 0.1) is 16.8 Å². The number of hydrogen-bond acceptors (Lipinski definition) is 7. The van der Waals surface area contributed by atoms with Gasteiger partial charge in [0.1, 0.15) is 5.69 Å². The quantitative estimate of drug-likeness (QED) is 0.372. The maximum atomic E-state index is 13.5. The first-order chi connectivity index (χ1) is 18.2. The topological polar surface area (TPSA) is 123 Å². The van der Waals surface area contributed by atoms with Gasteiger partial charge in [-0.15, -0.1) is 5.10 Å². The van der Waals surface area contributed by atoms with Crippen molar-refractivity contribution in [1.29, 1.82) is 0 Å². The van der Waals surface area contributed by atoms with Gasteiger partial charge >= 0.3 is 0 Å². The zero-order chi connectivity index (χ0) is 26.7. The summed E-state index contributed by atoms with van der Waals surface area (Å²) in [6.07, 6.45) is 5.03. The molecular weight excluding hydrogens is 504 g/mol. The lowest BCUT2D eigenvalue weighted by molar-refractivity contribution is -0.143. The third-order valence-electron chi connectivity index (χ3n) is 6.98. The molecule has 5 aromatic rings. The molecule has 0 radical (unpaired) electrons. The van der Waals surface area contributed by atoms with Gasteiger partial charge in [-0.1, -0.05) is 35.0 Å². The molecule has 38 heavy (non-hydrogen) atoms. The van der Waals surface area contributed by atoms with Crippen LogP contribution in [0.2, 0.25) is 0 Å². The highest BCUT2D eigenvalue weighted by Gasteiger charge is 2.45. The third-order valence-corrected chi connectivity index (χ3v) is 8.64. The van der Waals surface area contributed by atoms with Crippen molar-refractivity contribution < 1.29 is 18.3 Å². The van der Waals surface area contributed by atoms with Gasteiger partial charge in [-0.05, 0) is 48.9 Å². The minimum Gasteiger partial charge on any atom is -0.375 e. The number of aliphatic hydroxyl groups is 1. The van der Waals surface area contributed by atoms with E-state index in [0.29, 0.717) is 40.9 Å². The highest BCUT2D eigenvalue weighted by Crippen LogP contribution is 2.34. The first-order valence-corrected chi connectivity index (χ1v) is 13.4. The maximum Gasteiger partial charge on any atom is 0.269 e. The lowest BCUT2D eigenvalue weighted by atomic mass is 9.92. The van der Waals surface area contributed by atoms with Crippen LogP contribution in [0.5, 0.6) is 0 Å². The van der Waals surface area contributed by atoms with E-state index in [1.807, 2.05) is 6.92 Å². The van der Waals surface area contributed by atoms with Crippen molar-refractivity contribution in [2.45, 2.75) is 23.8 Å². The van der Waals surface area contributed by atoms with Crippen molar-refractivity contribution in [3.8, 4) is 16.9 Å². The van der Waals surface area contributed by atoms with Gasteiger partial charge in [0.2, 0.25) is 0 Å². The number of hydrogen-bond donors (Lipinski definition) is 1. The molecule has 0 saturated carbocycles. The molecule has 1 saturated heterocycles. The largest absolute Gasteiger partial charge is 0.375 e. The van der Waals surface area contributed by atoms with Gasteiger partial charge in [0, 0.05) is 43.4 Å². The van der Waals surface area contributed by atoms with E-state index in [2.05, 4.69) is 15.3 Å². The molecule has 11 heteroatoms. The fraction of sp³-hybridized carbons (Fsp3) is 0.185. The lowest BCUT2D eigenvalue weighted by Gasteiger charge is -2.21. The lowest BCUT2D eigenvalue weighted by Crippen LogP contribution is -2.36. The first kappa shape index (κ1) is 24.0. The van der Waals surface area contributed by atoms with E-state index in [9.17, 15) is 18.3 Å². The van der Waals surface area contributed by atoms with Crippen molar-refractivity contribution in [2.24, 2.45) is 0 Å². The predicted octanol–water partition coefficient (Wildman–Crippen LogP) is 2.88. The molecule has 1 atom stereocenters. The standard InChI is InChI=1S/C27H24N6O4S/c1-18-8-10-21(11-9-18)38(36,37)33-16-23(22-7-4-13-28-25(22)33)24-17-32(30-29-24)20-6-3-5-19(15-20)27(35)12-14-31(2)26(27)34/h3-11,13,15-17,35H,12,14H2,1-2H3. The van der Waals surface area contributed by atoms with Crippen LogP contribution >= 0.6 is 0 Å².